The number of fused-ring (bicyclic) bond motifs is 1. The standard InChI is InChI=1S/C22H27N3OS2/c1-16-5-8-18(9-6-16)27-14-11-21(26)25(13-12-24(3)4)22-23-19-10-7-17(2)15-20(19)28-22/h5-10,15H,11-14H2,1-4H3/p+1. The van der Waals surface area contributed by atoms with E-state index >= 15 is 0 Å². The molecule has 1 N–H and O–H groups in total. The highest BCUT2D eigenvalue weighted by atomic mass is 32.2. The fraction of sp³-hybridized carbons (Fsp3) is 0.364. The van der Waals surface area contributed by atoms with Gasteiger partial charge < -0.3 is 4.90 Å². The Morgan fingerprint density at radius 3 is 2.54 bits per heavy atom. The number of rotatable bonds is 8. The maximum absolute atomic E-state index is 13.0. The number of hydrogen-bond acceptors (Lipinski definition) is 4. The molecule has 1 amide bonds. The van der Waals surface area contributed by atoms with Crippen molar-refractivity contribution in [2.45, 2.75) is 25.2 Å². The maximum Gasteiger partial charge on any atom is 0.229 e. The van der Waals surface area contributed by atoms with E-state index in [0.29, 0.717) is 13.0 Å². The molecule has 6 heteroatoms. The van der Waals surface area contributed by atoms with Crippen LogP contribution in [-0.2, 0) is 4.79 Å². The summed E-state index contributed by atoms with van der Waals surface area (Å²) in [5, 5.41) is 0.812. The molecule has 0 saturated heterocycles. The van der Waals surface area contributed by atoms with Crippen LogP contribution in [0, 0.1) is 13.8 Å². The predicted octanol–water partition coefficient (Wildman–Crippen LogP) is 3.57. The molecular formula is C22H28N3OS2+. The van der Waals surface area contributed by atoms with Gasteiger partial charge >= 0.3 is 0 Å². The van der Waals surface area contributed by atoms with E-state index in [1.807, 2.05) is 11.0 Å². The number of thiazole rings is 1. The number of quaternary nitrogens is 1. The smallest absolute Gasteiger partial charge is 0.229 e. The third kappa shape index (κ3) is 5.56. The van der Waals surface area contributed by atoms with Crippen molar-refractivity contribution in [1.29, 1.82) is 0 Å². The molecule has 1 aromatic heterocycles. The number of carbonyl (C=O) groups excluding carboxylic acids is 1. The molecule has 3 rings (SSSR count). The minimum absolute atomic E-state index is 0.150. The van der Waals surface area contributed by atoms with Crippen molar-refractivity contribution >= 4 is 44.4 Å². The SMILES string of the molecule is Cc1ccc(SCCC(=O)N(CC[NH+](C)C)c2nc3ccc(C)cc3s2)cc1. The van der Waals surface area contributed by atoms with Gasteiger partial charge in [-0.1, -0.05) is 35.1 Å². The molecule has 3 aromatic rings. The Morgan fingerprint density at radius 2 is 1.82 bits per heavy atom. The number of likely N-dealkylation sites (N-methyl/N-ethyl adjacent to an activating group) is 1. The highest BCUT2D eigenvalue weighted by Gasteiger charge is 2.20. The second-order valence-corrected chi connectivity index (χ2v) is 9.56. The number of benzene rings is 2. The first-order valence-electron chi connectivity index (χ1n) is 9.58. The van der Waals surface area contributed by atoms with Gasteiger partial charge in [0.25, 0.3) is 0 Å². The van der Waals surface area contributed by atoms with E-state index in [9.17, 15) is 4.79 Å². The average molecular weight is 415 g/mol. The summed E-state index contributed by atoms with van der Waals surface area (Å²) in [7, 11) is 4.22. The summed E-state index contributed by atoms with van der Waals surface area (Å²) in [6.07, 6.45) is 0.510. The maximum atomic E-state index is 13.0. The summed E-state index contributed by atoms with van der Waals surface area (Å²) < 4.78 is 1.14. The summed E-state index contributed by atoms with van der Waals surface area (Å²) in [6.45, 7) is 5.75. The fourth-order valence-electron chi connectivity index (χ4n) is 2.82. The van der Waals surface area contributed by atoms with Gasteiger partial charge in [-0.3, -0.25) is 9.69 Å². The monoisotopic (exact) mass is 414 g/mol. The van der Waals surface area contributed by atoms with Crippen LogP contribution in [0.2, 0.25) is 0 Å². The number of thioether (sulfide) groups is 1. The molecular weight excluding hydrogens is 386 g/mol. The van der Waals surface area contributed by atoms with E-state index in [4.69, 9.17) is 4.98 Å². The molecule has 0 aliphatic rings. The number of aromatic nitrogens is 1. The highest BCUT2D eigenvalue weighted by Crippen LogP contribution is 2.30. The molecule has 0 radical (unpaired) electrons. The van der Waals surface area contributed by atoms with Gasteiger partial charge in [-0.25, -0.2) is 4.98 Å². The minimum Gasteiger partial charge on any atom is -0.338 e. The summed E-state index contributed by atoms with van der Waals surface area (Å²) in [5.41, 5.74) is 3.44. The molecule has 1 heterocycles. The zero-order valence-corrected chi connectivity index (χ0v) is 18.6. The van der Waals surface area contributed by atoms with Crippen molar-refractivity contribution in [3.05, 3.63) is 53.6 Å². The van der Waals surface area contributed by atoms with E-state index < -0.39 is 0 Å². The molecule has 0 atom stereocenters. The van der Waals surface area contributed by atoms with E-state index in [1.54, 1.807) is 23.1 Å². The first-order chi connectivity index (χ1) is 13.4. The third-order valence-corrected chi connectivity index (χ3v) is 6.56. The van der Waals surface area contributed by atoms with Crippen molar-refractivity contribution in [1.82, 2.24) is 4.98 Å². The van der Waals surface area contributed by atoms with Crippen LogP contribution in [0.25, 0.3) is 10.2 Å². The number of aryl methyl sites for hydroxylation is 2. The van der Waals surface area contributed by atoms with Gasteiger partial charge in [0.2, 0.25) is 5.91 Å². The Bertz CT molecular complexity index is 935. The Hall–Kier alpha value is -1.89. The van der Waals surface area contributed by atoms with E-state index in [1.165, 1.54) is 20.9 Å². The molecule has 0 unspecified atom stereocenters. The Morgan fingerprint density at radius 1 is 1.11 bits per heavy atom. The number of nitrogens with zero attached hydrogens (tertiary/aromatic N) is 2. The van der Waals surface area contributed by atoms with Crippen molar-refractivity contribution in [2.24, 2.45) is 0 Å². The second kappa shape index (κ2) is 9.54. The molecule has 0 bridgehead atoms. The zero-order chi connectivity index (χ0) is 20.1. The lowest BCUT2D eigenvalue weighted by molar-refractivity contribution is -0.856. The zero-order valence-electron chi connectivity index (χ0n) is 17.0. The summed E-state index contributed by atoms with van der Waals surface area (Å²) in [4.78, 5) is 22.2. The number of nitrogens with one attached hydrogen (secondary N) is 1. The molecule has 0 aliphatic carbocycles. The number of anilines is 1. The van der Waals surface area contributed by atoms with Gasteiger partial charge in [0, 0.05) is 17.1 Å². The molecule has 4 nitrogen and oxygen atoms in total. The van der Waals surface area contributed by atoms with Crippen LogP contribution in [0.15, 0.2) is 47.4 Å². The van der Waals surface area contributed by atoms with Crippen LogP contribution in [-0.4, -0.2) is 43.8 Å². The van der Waals surface area contributed by atoms with E-state index in [2.05, 4.69) is 64.3 Å². The summed E-state index contributed by atoms with van der Waals surface area (Å²) >= 11 is 3.34. The number of carbonyl (C=O) groups is 1. The number of hydrogen-bond donors (Lipinski definition) is 1. The van der Waals surface area contributed by atoms with Crippen LogP contribution >= 0.6 is 23.1 Å². The third-order valence-electron chi connectivity index (χ3n) is 4.51. The van der Waals surface area contributed by atoms with Gasteiger partial charge in [0.1, 0.15) is 0 Å². The van der Waals surface area contributed by atoms with E-state index in [0.717, 1.165) is 27.6 Å². The predicted molar refractivity (Wildman–Crippen MR) is 121 cm³/mol. The van der Waals surface area contributed by atoms with Gasteiger partial charge in [-0.05, 0) is 43.7 Å². The van der Waals surface area contributed by atoms with Crippen LogP contribution in [0.5, 0.6) is 0 Å². The van der Waals surface area contributed by atoms with Crippen LogP contribution in [0.3, 0.4) is 0 Å². The van der Waals surface area contributed by atoms with Crippen LogP contribution < -0.4 is 9.80 Å². The lowest BCUT2D eigenvalue weighted by atomic mass is 10.2. The minimum atomic E-state index is 0.150. The van der Waals surface area contributed by atoms with Crippen LogP contribution in [0.1, 0.15) is 17.5 Å². The molecule has 0 aliphatic heterocycles. The Kier molecular flexibility index (Phi) is 7.10. The molecule has 0 spiro atoms. The molecule has 2 aromatic carbocycles. The van der Waals surface area contributed by atoms with Crippen molar-refractivity contribution in [3.8, 4) is 0 Å². The van der Waals surface area contributed by atoms with Crippen molar-refractivity contribution in [3.63, 3.8) is 0 Å². The Labute approximate surface area is 175 Å². The normalized spacial score (nSPS) is 11.3. The van der Waals surface area contributed by atoms with Gasteiger partial charge in [0.15, 0.2) is 5.13 Å². The van der Waals surface area contributed by atoms with Gasteiger partial charge in [-0.2, -0.15) is 0 Å². The van der Waals surface area contributed by atoms with Gasteiger partial charge in [-0.15, -0.1) is 11.8 Å². The lowest BCUT2D eigenvalue weighted by Crippen LogP contribution is -3.06. The van der Waals surface area contributed by atoms with E-state index in [-0.39, 0.29) is 5.91 Å². The fourth-order valence-corrected chi connectivity index (χ4v) is 4.77. The molecule has 28 heavy (non-hydrogen) atoms. The summed E-state index contributed by atoms with van der Waals surface area (Å²) in [6, 6.07) is 14.7. The first kappa shape index (κ1) is 20.8. The largest absolute Gasteiger partial charge is 0.338 e. The number of amides is 1. The second-order valence-electron chi connectivity index (χ2n) is 7.38. The lowest BCUT2D eigenvalue weighted by Gasteiger charge is -2.20. The molecule has 148 valence electrons. The topological polar surface area (TPSA) is 37.6 Å². The average Bonchev–Trinajstić information content (AvgIpc) is 3.06. The Balaban J connectivity index is 1.70. The molecule has 0 saturated carbocycles. The van der Waals surface area contributed by atoms with Crippen molar-refractivity contribution in [2.75, 3.05) is 37.8 Å². The highest BCUT2D eigenvalue weighted by molar-refractivity contribution is 7.99. The quantitative estimate of drug-likeness (QED) is 0.573. The van der Waals surface area contributed by atoms with Gasteiger partial charge in [0.05, 0.1) is 37.4 Å². The van der Waals surface area contributed by atoms with Crippen molar-refractivity contribution < 1.29 is 9.69 Å². The summed E-state index contributed by atoms with van der Waals surface area (Å²) in [5.74, 6) is 0.925. The van der Waals surface area contributed by atoms with Crippen LogP contribution in [0.4, 0.5) is 5.13 Å². The first-order valence-corrected chi connectivity index (χ1v) is 11.4. The molecule has 0 fully saturated rings.